The van der Waals surface area contributed by atoms with E-state index >= 15 is 0 Å². The Labute approximate surface area is 114 Å². The highest BCUT2D eigenvalue weighted by Gasteiger charge is 2.05. The molecule has 2 aromatic heterocycles. The molecule has 0 saturated heterocycles. The van der Waals surface area contributed by atoms with Crippen molar-refractivity contribution < 1.29 is 0 Å². The van der Waals surface area contributed by atoms with Gasteiger partial charge in [-0.3, -0.25) is 0 Å². The summed E-state index contributed by atoms with van der Waals surface area (Å²) in [7, 11) is 2.07. The number of anilines is 1. The molecule has 2 heterocycles. The molecule has 0 amide bonds. The van der Waals surface area contributed by atoms with Crippen molar-refractivity contribution in [3.05, 3.63) is 35.8 Å². The molecule has 2 aromatic rings. The van der Waals surface area contributed by atoms with Gasteiger partial charge >= 0.3 is 0 Å². The average Bonchev–Trinajstić information content (AvgIpc) is 2.74. The summed E-state index contributed by atoms with van der Waals surface area (Å²) in [6.07, 6.45) is 4.93. The van der Waals surface area contributed by atoms with Gasteiger partial charge in [0.15, 0.2) is 0 Å². The highest BCUT2D eigenvalue weighted by molar-refractivity contribution is 5.38. The molecule has 0 saturated carbocycles. The second-order valence-electron chi connectivity index (χ2n) is 4.86. The third kappa shape index (κ3) is 3.53. The highest BCUT2D eigenvalue weighted by Crippen LogP contribution is 2.11. The third-order valence-corrected chi connectivity index (χ3v) is 3.16. The Morgan fingerprint density at radius 1 is 1.21 bits per heavy atom. The minimum Gasteiger partial charge on any atom is -0.359 e. The first kappa shape index (κ1) is 13.5. The number of hydrogen-bond acceptors (Lipinski definition) is 4. The summed E-state index contributed by atoms with van der Waals surface area (Å²) in [6.45, 7) is 7.91. The van der Waals surface area contributed by atoms with E-state index in [4.69, 9.17) is 0 Å². The fraction of sp³-hybridized carbons (Fsp3) is 0.500. The lowest BCUT2D eigenvalue weighted by atomic mass is 10.3. The minimum absolute atomic E-state index is 0.826. The standard InChI is InChI=1S/C14H21N5/c1-11-10-14(17-12(2)16-11)18(4)7-5-8-19-9-6-15-13(19)3/h6,9-10H,5,7-8H2,1-4H3. The molecule has 0 aliphatic rings. The van der Waals surface area contributed by atoms with Crippen LogP contribution in [0.5, 0.6) is 0 Å². The molecule has 0 fully saturated rings. The van der Waals surface area contributed by atoms with Gasteiger partial charge in [-0.15, -0.1) is 0 Å². The lowest BCUT2D eigenvalue weighted by Gasteiger charge is -2.19. The largest absolute Gasteiger partial charge is 0.359 e. The fourth-order valence-corrected chi connectivity index (χ4v) is 2.13. The molecule has 5 nitrogen and oxygen atoms in total. The summed E-state index contributed by atoms with van der Waals surface area (Å²) in [6, 6.07) is 2.02. The lowest BCUT2D eigenvalue weighted by molar-refractivity contribution is 0.620. The van der Waals surface area contributed by atoms with Crippen LogP contribution in [0.25, 0.3) is 0 Å². The number of aryl methyl sites for hydroxylation is 4. The van der Waals surface area contributed by atoms with Gasteiger partial charge in [-0.2, -0.15) is 0 Å². The second kappa shape index (κ2) is 5.82. The van der Waals surface area contributed by atoms with E-state index in [1.165, 1.54) is 0 Å². The van der Waals surface area contributed by atoms with Crippen LogP contribution in [0.1, 0.15) is 23.8 Å². The molecule has 102 valence electrons. The Morgan fingerprint density at radius 3 is 2.63 bits per heavy atom. The summed E-state index contributed by atoms with van der Waals surface area (Å²) in [5.41, 5.74) is 1.01. The maximum Gasteiger partial charge on any atom is 0.132 e. The van der Waals surface area contributed by atoms with E-state index < -0.39 is 0 Å². The van der Waals surface area contributed by atoms with Crippen LogP contribution in [0.4, 0.5) is 5.82 Å². The molecule has 0 radical (unpaired) electrons. The highest BCUT2D eigenvalue weighted by atomic mass is 15.2. The van der Waals surface area contributed by atoms with Gasteiger partial charge in [0.2, 0.25) is 0 Å². The van der Waals surface area contributed by atoms with Crippen molar-refractivity contribution in [2.75, 3.05) is 18.5 Å². The van der Waals surface area contributed by atoms with E-state index in [1.807, 2.05) is 39.2 Å². The summed E-state index contributed by atoms with van der Waals surface area (Å²) < 4.78 is 2.17. The minimum atomic E-state index is 0.826. The van der Waals surface area contributed by atoms with E-state index in [0.29, 0.717) is 0 Å². The van der Waals surface area contributed by atoms with Gasteiger partial charge in [-0.1, -0.05) is 0 Å². The van der Waals surface area contributed by atoms with Crippen molar-refractivity contribution in [2.45, 2.75) is 33.7 Å². The SMILES string of the molecule is Cc1cc(N(C)CCCn2ccnc2C)nc(C)n1. The van der Waals surface area contributed by atoms with Gasteiger partial charge in [0.1, 0.15) is 17.5 Å². The van der Waals surface area contributed by atoms with Gasteiger partial charge < -0.3 is 9.47 Å². The van der Waals surface area contributed by atoms with Crippen LogP contribution in [-0.2, 0) is 6.54 Å². The smallest absolute Gasteiger partial charge is 0.132 e. The van der Waals surface area contributed by atoms with Crippen molar-refractivity contribution in [3.63, 3.8) is 0 Å². The van der Waals surface area contributed by atoms with Crippen molar-refractivity contribution in [1.82, 2.24) is 19.5 Å². The molecule has 0 aliphatic heterocycles. The first-order valence-electron chi connectivity index (χ1n) is 6.57. The molecular formula is C14H21N5. The van der Waals surface area contributed by atoms with Crippen LogP contribution in [0.2, 0.25) is 0 Å². The molecule has 5 heteroatoms. The molecule has 0 bridgehead atoms. The maximum atomic E-state index is 4.46. The number of imidazole rings is 1. The number of hydrogen-bond donors (Lipinski definition) is 0. The zero-order chi connectivity index (χ0) is 13.8. The van der Waals surface area contributed by atoms with E-state index in [-0.39, 0.29) is 0 Å². The van der Waals surface area contributed by atoms with Crippen LogP contribution in [0.15, 0.2) is 18.5 Å². The van der Waals surface area contributed by atoms with Crippen molar-refractivity contribution in [2.24, 2.45) is 0 Å². The van der Waals surface area contributed by atoms with E-state index in [1.54, 1.807) is 0 Å². The maximum absolute atomic E-state index is 4.46. The molecule has 0 aromatic carbocycles. The molecule has 2 rings (SSSR count). The predicted molar refractivity (Wildman–Crippen MR) is 76.4 cm³/mol. The molecule has 0 spiro atoms. The van der Waals surface area contributed by atoms with Gasteiger partial charge in [0.05, 0.1) is 0 Å². The monoisotopic (exact) mass is 259 g/mol. The Morgan fingerprint density at radius 2 is 2.00 bits per heavy atom. The van der Waals surface area contributed by atoms with Gasteiger partial charge in [-0.05, 0) is 27.2 Å². The number of nitrogens with zero attached hydrogens (tertiary/aromatic N) is 5. The average molecular weight is 259 g/mol. The summed E-state index contributed by atoms with van der Waals surface area (Å²) in [4.78, 5) is 15.2. The second-order valence-corrected chi connectivity index (χ2v) is 4.86. The Balaban J connectivity index is 1.90. The first-order valence-corrected chi connectivity index (χ1v) is 6.57. The topological polar surface area (TPSA) is 46.8 Å². The number of rotatable bonds is 5. The van der Waals surface area contributed by atoms with Crippen LogP contribution < -0.4 is 4.90 Å². The zero-order valence-corrected chi connectivity index (χ0v) is 12.1. The summed E-state index contributed by atoms with van der Waals surface area (Å²) in [5.74, 6) is 2.89. The van der Waals surface area contributed by atoms with Crippen LogP contribution in [0.3, 0.4) is 0 Å². The zero-order valence-electron chi connectivity index (χ0n) is 12.1. The first-order chi connectivity index (χ1) is 9.06. The van der Waals surface area contributed by atoms with Crippen LogP contribution in [0, 0.1) is 20.8 Å². The Bertz CT molecular complexity index is 526. The van der Waals surface area contributed by atoms with E-state index in [2.05, 4.69) is 31.5 Å². The lowest BCUT2D eigenvalue weighted by Crippen LogP contribution is -2.21. The van der Waals surface area contributed by atoms with Crippen LogP contribution >= 0.6 is 0 Å². The van der Waals surface area contributed by atoms with Crippen molar-refractivity contribution >= 4 is 5.82 Å². The fourth-order valence-electron chi connectivity index (χ4n) is 2.13. The summed E-state index contributed by atoms with van der Waals surface area (Å²) >= 11 is 0. The molecule has 19 heavy (non-hydrogen) atoms. The Kier molecular flexibility index (Phi) is 4.14. The van der Waals surface area contributed by atoms with Gasteiger partial charge in [-0.25, -0.2) is 15.0 Å². The Hall–Kier alpha value is -1.91. The van der Waals surface area contributed by atoms with E-state index in [0.717, 1.165) is 42.7 Å². The quantitative estimate of drug-likeness (QED) is 0.825. The van der Waals surface area contributed by atoms with E-state index in [9.17, 15) is 0 Å². The normalized spacial score (nSPS) is 10.7. The molecule has 0 atom stereocenters. The molecule has 0 aliphatic carbocycles. The van der Waals surface area contributed by atoms with Gasteiger partial charge in [0, 0.05) is 44.3 Å². The van der Waals surface area contributed by atoms with Crippen molar-refractivity contribution in [1.29, 1.82) is 0 Å². The third-order valence-electron chi connectivity index (χ3n) is 3.16. The molecular weight excluding hydrogens is 238 g/mol. The van der Waals surface area contributed by atoms with Crippen molar-refractivity contribution in [3.8, 4) is 0 Å². The predicted octanol–water partition coefficient (Wildman–Crippen LogP) is 2.12. The molecule has 0 unspecified atom stereocenters. The van der Waals surface area contributed by atoms with Crippen LogP contribution in [-0.4, -0.2) is 33.1 Å². The summed E-state index contributed by atoms with van der Waals surface area (Å²) in [5, 5.41) is 0. The van der Waals surface area contributed by atoms with Gasteiger partial charge in [0.25, 0.3) is 0 Å². The number of aromatic nitrogens is 4. The molecule has 0 N–H and O–H groups in total.